The van der Waals surface area contributed by atoms with Crippen LogP contribution < -0.4 is 5.73 Å². The lowest BCUT2D eigenvalue weighted by Gasteiger charge is -2.36. The lowest BCUT2D eigenvalue weighted by molar-refractivity contribution is 0.165. The molecule has 0 radical (unpaired) electrons. The zero-order valence-electron chi connectivity index (χ0n) is 8.55. The van der Waals surface area contributed by atoms with Gasteiger partial charge in [0.25, 0.3) is 0 Å². The molecule has 0 bridgehead atoms. The summed E-state index contributed by atoms with van der Waals surface area (Å²) in [6.07, 6.45) is 2.20. The molecule has 1 heterocycles. The van der Waals surface area contributed by atoms with Crippen molar-refractivity contribution >= 4 is 23.2 Å². The van der Waals surface area contributed by atoms with Gasteiger partial charge in [-0.15, -0.1) is 0 Å². The van der Waals surface area contributed by atoms with Crippen LogP contribution in [0.4, 0.5) is 0 Å². The van der Waals surface area contributed by atoms with Crippen molar-refractivity contribution in [1.29, 1.82) is 0 Å². The Hall–Kier alpha value is 0.240. The van der Waals surface area contributed by atoms with E-state index in [1.807, 2.05) is 0 Å². The SMILES string of the molecule is CCC1CN(C/C(Cl)=C/Cl)CCC1N. The van der Waals surface area contributed by atoms with Gasteiger partial charge in [0.15, 0.2) is 0 Å². The molecular weight excluding hydrogens is 219 g/mol. The van der Waals surface area contributed by atoms with Gasteiger partial charge in [-0.05, 0) is 12.3 Å². The van der Waals surface area contributed by atoms with Crippen LogP contribution in [0.5, 0.6) is 0 Å². The average Bonchev–Trinajstić information content (AvgIpc) is 2.20. The summed E-state index contributed by atoms with van der Waals surface area (Å²) >= 11 is 11.4. The zero-order chi connectivity index (χ0) is 10.6. The molecule has 1 fully saturated rings. The highest BCUT2D eigenvalue weighted by Crippen LogP contribution is 2.20. The standard InChI is InChI=1S/C10H18Cl2N2/c1-2-8-6-14(4-3-10(8)13)7-9(12)5-11/h5,8,10H,2-4,6-7,13H2,1H3/b9-5-. The first-order valence-corrected chi connectivity index (χ1v) is 5.91. The van der Waals surface area contributed by atoms with E-state index in [1.54, 1.807) is 0 Å². The first kappa shape index (κ1) is 12.3. The van der Waals surface area contributed by atoms with Gasteiger partial charge in [-0.3, -0.25) is 4.90 Å². The van der Waals surface area contributed by atoms with Crippen LogP contribution in [0, 0.1) is 5.92 Å². The Kier molecular flexibility index (Phi) is 5.24. The molecule has 82 valence electrons. The fourth-order valence-corrected chi connectivity index (χ4v) is 2.19. The molecule has 0 aromatic heterocycles. The van der Waals surface area contributed by atoms with Crippen molar-refractivity contribution in [2.45, 2.75) is 25.8 Å². The summed E-state index contributed by atoms with van der Waals surface area (Å²) in [5.41, 5.74) is 7.46. The number of hydrogen-bond acceptors (Lipinski definition) is 2. The first-order chi connectivity index (χ1) is 6.67. The van der Waals surface area contributed by atoms with Crippen LogP contribution in [-0.4, -0.2) is 30.6 Å². The summed E-state index contributed by atoms with van der Waals surface area (Å²) in [6, 6.07) is 0.356. The summed E-state index contributed by atoms with van der Waals surface area (Å²) in [7, 11) is 0. The van der Waals surface area contributed by atoms with Crippen LogP contribution in [0.15, 0.2) is 10.6 Å². The van der Waals surface area contributed by atoms with E-state index < -0.39 is 0 Å². The van der Waals surface area contributed by atoms with Gasteiger partial charge in [0, 0.05) is 36.2 Å². The molecule has 0 aromatic carbocycles. The van der Waals surface area contributed by atoms with Crippen molar-refractivity contribution in [1.82, 2.24) is 4.90 Å². The van der Waals surface area contributed by atoms with Crippen LogP contribution in [0.2, 0.25) is 0 Å². The molecule has 1 aliphatic rings. The van der Waals surface area contributed by atoms with Crippen LogP contribution in [-0.2, 0) is 0 Å². The first-order valence-electron chi connectivity index (χ1n) is 5.10. The Labute approximate surface area is 96.0 Å². The number of piperidine rings is 1. The van der Waals surface area contributed by atoms with Crippen molar-refractivity contribution in [2.75, 3.05) is 19.6 Å². The average molecular weight is 237 g/mol. The van der Waals surface area contributed by atoms with E-state index in [2.05, 4.69) is 11.8 Å². The maximum Gasteiger partial charge on any atom is 0.0434 e. The van der Waals surface area contributed by atoms with E-state index in [1.165, 1.54) is 5.54 Å². The van der Waals surface area contributed by atoms with E-state index in [4.69, 9.17) is 28.9 Å². The zero-order valence-corrected chi connectivity index (χ0v) is 10.1. The molecule has 2 N–H and O–H groups in total. The third-order valence-corrected chi connectivity index (χ3v) is 3.50. The molecule has 0 aromatic rings. The number of hydrogen-bond donors (Lipinski definition) is 1. The van der Waals surface area contributed by atoms with Crippen LogP contribution in [0.3, 0.4) is 0 Å². The quantitative estimate of drug-likeness (QED) is 0.816. The van der Waals surface area contributed by atoms with E-state index in [0.717, 1.165) is 32.5 Å². The summed E-state index contributed by atoms with van der Waals surface area (Å²) < 4.78 is 0. The third-order valence-electron chi connectivity index (χ3n) is 2.89. The van der Waals surface area contributed by atoms with Gasteiger partial charge in [0.1, 0.15) is 0 Å². The number of halogens is 2. The third kappa shape index (κ3) is 3.43. The highest BCUT2D eigenvalue weighted by molar-refractivity contribution is 6.36. The Morgan fingerprint density at radius 2 is 2.36 bits per heavy atom. The number of nitrogens with zero attached hydrogens (tertiary/aromatic N) is 1. The van der Waals surface area contributed by atoms with E-state index in [9.17, 15) is 0 Å². The highest BCUT2D eigenvalue weighted by Gasteiger charge is 2.25. The molecule has 1 saturated heterocycles. The predicted octanol–water partition coefficient (Wildman–Crippen LogP) is 2.36. The van der Waals surface area contributed by atoms with Crippen molar-refractivity contribution in [2.24, 2.45) is 11.7 Å². The highest BCUT2D eigenvalue weighted by atomic mass is 35.5. The smallest absolute Gasteiger partial charge is 0.0434 e. The predicted molar refractivity (Wildman–Crippen MR) is 62.6 cm³/mol. The van der Waals surface area contributed by atoms with Crippen LogP contribution in [0.1, 0.15) is 19.8 Å². The molecule has 2 unspecified atom stereocenters. The summed E-state index contributed by atoms with van der Waals surface area (Å²) in [5.74, 6) is 0.601. The molecule has 4 heteroatoms. The second-order valence-electron chi connectivity index (χ2n) is 3.91. The van der Waals surface area contributed by atoms with Gasteiger partial charge in [-0.1, -0.05) is 36.5 Å². The lowest BCUT2D eigenvalue weighted by atomic mass is 9.91. The molecule has 1 rings (SSSR count). The minimum absolute atomic E-state index is 0.356. The minimum Gasteiger partial charge on any atom is -0.327 e. The molecule has 14 heavy (non-hydrogen) atoms. The largest absolute Gasteiger partial charge is 0.327 e. The number of rotatable bonds is 3. The maximum atomic E-state index is 6.01. The summed E-state index contributed by atoms with van der Waals surface area (Å²) in [6.45, 7) is 5.01. The molecule has 0 saturated carbocycles. The van der Waals surface area contributed by atoms with Gasteiger partial charge in [-0.25, -0.2) is 0 Å². The van der Waals surface area contributed by atoms with E-state index in [0.29, 0.717) is 17.0 Å². The Morgan fingerprint density at radius 1 is 1.64 bits per heavy atom. The van der Waals surface area contributed by atoms with Crippen LogP contribution >= 0.6 is 23.2 Å². The van der Waals surface area contributed by atoms with Gasteiger partial charge in [-0.2, -0.15) is 0 Å². The lowest BCUT2D eigenvalue weighted by Crippen LogP contribution is -2.47. The van der Waals surface area contributed by atoms with Crippen molar-refractivity contribution in [3.63, 3.8) is 0 Å². The molecule has 1 aliphatic heterocycles. The molecule has 0 spiro atoms. The second-order valence-corrected chi connectivity index (χ2v) is 4.62. The van der Waals surface area contributed by atoms with Crippen molar-refractivity contribution < 1.29 is 0 Å². The van der Waals surface area contributed by atoms with Gasteiger partial charge >= 0.3 is 0 Å². The van der Waals surface area contributed by atoms with Gasteiger partial charge in [0.2, 0.25) is 0 Å². The molecule has 0 amide bonds. The molecular formula is C10H18Cl2N2. The maximum absolute atomic E-state index is 6.01. The normalized spacial score (nSPS) is 30.7. The monoisotopic (exact) mass is 236 g/mol. The van der Waals surface area contributed by atoms with E-state index >= 15 is 0 Å². The molecule has 2 nitrogen and oxygen atoms in total. The topological polar surface area (TPSA) is 29.3 Å². The second kappa shape index (κ2) is 5.96. The number of nitrogens with two attached hydrogens (primary N) is 1. The Balaban J connectivity index is 2.42. The molecule has 0 aliphatic carbocycles. The Bertz CT molecular complexity index is 206. The fraction of sp³-hybridized carbons (Fsp3) is 0.800. The number of likely N-dealkylation sites (tertiary alicyclic amines) is 1. The van der Waals surface area contributed by atoms with Gasteiger partial charge < -0.3 is 5.73 Å². The van der Waals surface area contributed by atoms with Crippen LogP contribution in [0.25, 0.3) is 0 Å². The van der Waals surface area contributed by atoms with Crippen molar-refractivity contribution in [3.05, 3.63) is 10.6 Å². The Morgan fingerprint density at radius 3 is 2.93 bits per heavy atom. The van der Waals surface area contributed by atoms with Crippen molar-refractivity contribution in [3.8, 4) is 0 Å². The summed E-state index contributed by atoms with van der Waals surface area (Å²) in [5, 5.41) is 0.706. The van der Waals surface area contributed by atoms with Gasteiger partial charge in [0.05, 0.1) is 0 Å². The fourth-order valence-electron chi connectivity index (χ4n) is 1.95. The minimum atomic E-state index is 0.356. The van der Waals surface area contributed by atoms with E-state index in [-0.39, 0.29) is 0 Å². The molecule has 2 atom stereocenters. The summed E-state index contributed by atoms with van der Waals surface area (Å²) in [4.78, 5) is 2.32.